The first kappa shape index (κ1) is 16.2. The van der Waals surface area contributed by atoms with Crippen LogP contribution in [0.1, 0.15) is 37.3 Å². The maximum absolute atomic E-state index is 11.7. The topological polar surface area (TPSA) is 66.4 Å². The smallest absolute Gasteiger partial charge is 0.303 e. The fraction of sp³-hybridized carbons (Fsp3) is 0.500. The molecule has 4 heteroatoms. The van der Waals surface area contributed by atoms with Crippen LogP contribution in [0.15, 0.2) is 24.3 Å². The minimum atomic E-state index is -0.789. The molecule has 0 aliphatic heterocycles. The van der Waals surface area contributed by atoms with Gasteiger partial charge >= 0.3 is 5.97 Å². The first-order chi connectivity index (χ1) is 9.47. The minimum Gasteiger partial charge on any atom is -0.481 e. The van der Waals surface area contributed by atoms with Crippen LogP contribution in [0, 0.1) is 12.8 Å². The molecule has 1 aromatic rings. The largest absolute Gasteiger partial charge is 0.481 e. The van der Waals surface area contributed by atoms with Crippen molar-refractivity contribution in [1.29, 1.82) is 0 Å². The van der Waals surface area contributed by atoms with Crippen molar-refractivity contribution in [2.75, 3.05) is 6.54 Å². The molecule has 0 aromatic heterocycles. The summed E-state index contributed by atoms with van der Waals surface area (Å²) in [6.07, 6.45) is 1.94. The first-order valence-electron chi connectivity index (χ1n) is 7.01. The number of carboxylic acids is 1. The molecule has 0 saturated carbocycles. The zero-order valence-corrected chi connectivity index (χ0v) is 12.2. The van der Waals surface area contributed by atoms with E-state index in [2.05, 4.69) is 11.4 Å². The Morgan fingerprint density at radius 2 is 2.05 bits per heavy atom. The molecule has 1 unspecified atom stereocenters. The summed E-state index contributed by atoms with van der Waals surface area (Å²) >= 11 is 0. The monoisotopic (exact) mass is 277 g/mol. The summed E-state index contributed by atoms with van der Waals surface area (Å²) in [7, 11) is 0. The molecule has 1 atom stereocenters. The highest BCUT2D eigenvalue weighted by atomic mass is 16.4. The van der Waals surface area contributed by atoms with Gasteiger partial charge < -0.3 is 10.4 Å². The molecule has 0 spiro atoms. The summed E-state index contributed by atoms with van der Waals surface area (Å²) in [5.41, 5.74) is 2.37. The van der Waals surface area contributed by atoms with Crippen molar-refractivity contribution in [2.45, 2.75) is 39.5 Å². The number of hydrogen-bond acceptors (Lipinski definition) is 2. The highest BCUT2D eigenvalue weighted by Gasteiger charge is 2.08. The Hall–Kier alpha value is -1.84. The molecule has 110 valence electrons. The lowest BCUT2D eigenvalue weighted by Gasteiger charge is -2.11. The van der Waals surface area contributed by atoms with E-state index < -0.39 is 5.97 Å². The van der Waals surface area contributed by atoms with Gasteiger partial charge in [0.15, 0.2) is 0 Å². The predicted molar refractivity (Wildman–Crippen MR) is 78.5 cm³/mol. The van der Waals surface area contributed by atoms with E-state index in [4.69, 9.17) is 5.11 Å². The average molecular weight is 277 g/mol. The second kappa shape index (κ2) is 8.35. The van der Waals surface area contributed by atoms with Crippen LogP contribution in [0.2, 0.25) is 0 Å². The number of carbonyl (C=O) groups is 2. The van der Waals surface area contributed by atoms with Crippen molar-refractivity contribution >= 4 is 11.9 Å². The van der Waals surface area contributed by atoms with Gasteiger partial charge in [-0.15, -0.1) is 0 Å². The van der Waals surface area contributed by atoms with Crippen molar-refractivity contribution in [1.82, 2.24) is 5.32 Å². The van der Waals surface area contributed by atoms with Crippen molar-refractivity contribution in [2.24, 2.45) is 5.92 Å². The average Bonchev–Trinajstić information content (AvgIpc) is 2.40. The molecule has 1 aromatic carbocycles. The van der Waals surface area contributed by atoms with Gasteiger partial charge in [-0.3, -0.25) is 9.59 Å². The van der Waals surface area contributed by atoms with Crippen LogP contribution in [0.5, 0.6) is 0 Å². The maximum atomic E-state index is 11.7. The molecule has 0 saturated heterocycles. The highest BCUT2D eigenvalue weighted by molar-refractivity contribution is 5.76. The predicted octanol–water partition coefficient (Wildman–Crippen LogP) is 2.54. The molecule has 0 fully saturated rings. The van der Waals surface area contributed by atoms with Crippen LogP contribution in [-0.2, 0) is 16.0 Å². The van der Waals surface area contributed by atoms with E-state index in [0.717, 1.165) is 6.42 Å². The third-order valence-electron chi connectivity index (χ3n) is 3.22. The SMILES string of the molecule is Cc1cccc(CCC(=O)NCC(C)CCC(=O)O)c1. The molecule has 1 amide bonds. The number of amides is 1. The second-order valence-electron chi connectivity index (χ2n) is 5.33. The number of nitrogens with one attached hydrogen (secondary N) is 1. The summed E-state index contributed by atoms with van der Waals surface area (Å²) in [5.74, 6) is -0.578. The first-order valence-corrected chi connectivity index (χ1v) is 7.01. The van der Waals surface area contributed by atoms with Crippen LogP contribution in [0.25, 0.3) is 0 Å². The Labute approximate surface area is 120 Å². The Morgan fingerprint density at radius 1 is 1.30 bits per heavy atom. The van der Waals surface area contributed by atoms with Crippen LogP contribution < -0.4 is 5.32 Å². The summed E-state index contributed by atoms with van der Waals surface area (Å²) in [6.45, 7) is 4.53. The second-order valence-corrected chi connectivity index (χ2v) is 5.33. The fourth-order valence-corrected chi connectivity index (χ4v) is 1.97. The summed E-state index contributed by atoms with van der Waals surface area (Å²) in [6, 6.07) is 8.14. The number of aryl methyl sites for hydroxylation is 2. The Bertz CT molecular complexity index is 457. The number of hydrogen-bond donors (Lipinski definition) is 2. The van der Waals surface area contributed by atoms with Crippen molar-refractivity contribution in [3.63, 3.8) is 0 Å². The zero-order valence-electron chi connectivity index (χ0n) is 12.2. The van der Waals surface area contributed by atoms with Crippen molar-refractivity contribution < 1.29 is 14.7 Å². The van der Waals surface area contributed by atoms with Gasteiger partial charge in [0.25, 0.3) is 0 Å². The lowest BCUT2D eigenvalue weighted by Crippen LogP contribution is -2.28. The Balaban J connectivity index is 2.22. The molecule has 0 bridgehead atoms. The molecule has 4 nitrogen and oxygen atoms in total. The maximum Gasteiger partial charge on any atom is 0.303 e. The number of benzene rings is 1. The Morgan fingerprint density at radius 3 is 2.70 bits per heavy atom. The van der Waals surface area contributed by atoms with Crippen LogP contribution >= 0.6 is 0 Å². The summed E-state index contributed by atoms with van der Waals surface area (Å²) in [4.78, 5) is 22.2. The van der Waals surface area contributed by atoms with Gasteiger partial charge in [-0.2, -0.15) is 0 Å². The fourth-order valence-electron chi connectivity index (χ4n) is 1.97. The van der Waals surface area contributed by atoms with Crippen LogP contribution in [0.3, 0.4) is 0 Å². The zero-order chi connectivity index (χ0) is 15.0. The van der Waals surface area contributed by atoms with Crippen molar-refractivity contribution in [3.05, 3.63) is 35.4 Å². The van der Waals surface area contributed by atoms with E-state index >= 15 is 0 Å². The van der Waals surface area contributed by atoms with Gasteiger partial charge in [0, 0.05) is 19.4 Å². The standard InChI is InChI=1S/C16H23NO3/c1-12-4-3-5-14(10-12)7-8-15(18)17-11-13(2)6-9-16(19)20/h3-5,10,13H,6-9,11H2,1-2H3,(H,17,18)(H,19,20). The molecule has 0 heterocycles. The number of carbonyl (C=O) groups excluding carboxylic acids is 1. The number of aliphatic carboxylic acids is 1. The summed E-state index contributed by atoms with van der Waals surface area (Å²) in [5, 5.41) is 11.4. The highest BCUT2D eigenvalue weighted by Crippen LogP contribution is 2.07. The lowest BCUT2D eigenvalue weighted by atomic mass is 10.1. The third-order valence-corrected chi connectivity index (χ3v) is 3.22. The van der Waals surface area contributed by atoms with Gasteiger partial charge in [-0.05, 0) is 31.2 Å². The van der Waals surface area contributed by atoms with E-state index in [1.54, 1.807) is 0 Å². The van der Waals surface area contributed by atoms with E-state index in [0.29, 0.717) is 19.4 Å². The quantitative estimate of drug-likeness (QED) is 0.767. The molecule has 0 aliphatic rings. The normalized spacial score (nSPS) is 11.9. The molecular weight excluding hydrogens is 254 g/mol. The molecule has 2 N–H and O–H groups in total. The van der Waals surface area contributed by atoms with E-state index in [-0.39, 0.29) is 18.2 Å². The van der Waals surface area contributed by atoms with Gasteiger partial charge in [-0.1, -0.05) is 36.8 Å². The Kier molecular flexibility index (Phi) is 6.77. The number of carboxylic acid groups (broad SMARTS) is 1. The van der Waals surface area contributed by atoms with Crippen LogP contribution in [-0.4, -0.2) is 23.5 Å². The molecular formula is C16H23NO3. The van der Waals surface area contributed by atoms with Crippen LogP contribution in [0.4, 0.5) is 0 Å². The van der Waals surface area contributed by atoms with Gasteiger partial charge in [0.1, 0.15) is 0 Å². The summed E-state index contributed by atoms with van der Waals surface area (Å²) < 4.78 is 0. The van der Waals surface area contributed by atoms with Gasteiger partial charge in [-0.25, -0.2) is 0 Å². The van der Waals surface area contributed by atoms with Gasteiger partial charge in [0.2, 0.25) is 5.91 Å². The third kappa shape index (κ3) is 6.92. The lowest BCUT2D eigenvalue weighted by molar-refractivity contribution is -0.137. The van der Waals surface area contributed by atoms with Crippen molar-refractivity contribution in [3.8, 4) is 0 Å². The van der Waals surface area contributed by atoms with E-state index in [1.165, 1.54) is 11.1 Å². The molecule has 1 rings (SSSR count). The molecule has 0 aliphatic carbocycles. The number of rotatable bonds is 8. The minimum absolute atomic E-state index is 0.0219. The molecule has 0 radical (unpaired) electrons. The van der Waals surface area contributed by atoms with Gasteiger partial charge in [0.05, 0.1) is 0 Å². The van der Waals surface area contributed by atoms with E-state index in [1.807, 2.05) is 32.0 Å². The van der Waals surface area contributed by atoms with E-state index in [9.17, 15) is 9.59 Å². The molecule has 20 heavy (non-hydrogen) atoms.